The van der Waals surface area contributed by atoms with Crippen molar-refractivity contribution in [3.8, 4) is 10.6 Å². The maximum Gasteiger partial charge on any atom is 0.132 e. The number of carbonyl (C=O) groups excluding carboxylic acids is 1. The lowest BCUT2D eigenvalue weighted by Gasteiger charge is -2.46. The minimum absolute atomic E-state index is 0.322. The number of aromatic nitrogens is 3. The number of aliphatic carboxylic acids is 1. The highest BCUT2D eigenvalue weighted by molar-refractivity contribution is 7.15. The summed E-state index contributed by atoms with van der Waals surface area (Å²) in [6.45, 7) is 5.76. The van der Waals surface area contributed by atoms with Crippen LogP contribution in [0.15, 0.2) is 36.7 Å². The van der Waals surface area contributed by atoms with Gasteiger partial charge in [-0.1, -0.05) is 13.8 Å². The van der Waals surface area contributed by atoms with Gasteiger partial charge in [0, 0.05) is 24.3 Å². The van der Waals surface area contributed by atoms with Crippen LogP contribution in [0.3, 0.4) is 0 Å². The third-order valence-electron chi connectivity index (χ3n) is 7.04. The number of carboxylic acids is 1. The Morgan fingerprint density at radius 2 is 1.97 bits per heavy atom. The van der Waals surface area contributed by atoms with E-state index in [4.69, 9.17) is 4.98 Å². The zero-order chi connectivity index (χ0) is 24.1. The largest absolute Gasteiger partial charge is 0.550 e. The summed E-state index contributed by atoms with van der Waals surface area (Å²) in [6.07, 6.45) is 7.09. The number of carbonyl (C=O) groups is 1. The van der Waals surface area contributed by atoms with Crippen LogP contribution in [0.1, 0.15) is 68.0 Å². The SMILES string of the molecule is Cc1cc(Nc2cc(C3CC3)ccn2)nc(-c2cnc(C3(O)CCC(C(=O)[O-])C(C)(C)C3)s2)c1. The van der Waals surface area contributed by atoms with Crippen LogP contribution in [0.2, 0.25) is 0 Å². The summed E-state index contributed by atoms with van der Waals surface area (Å²) in [7, 11) is 0. The number of hydrogen-bond donors (Lipinski definition) is 2. The summed E-state index contributed by atoms with van der Waals surface area (Å²) in [6, 6.07) is 8.14. The number of rotatable bonds is 6. The Hall–Kier alpha value is -2.84. The molecule has 3 aromatic heterocycles. The normalized spacial score (nSPS) is 24.1. The molecule has 2 saturated carbocycles. The van der Waals surface area contributed by atoms with Crippen molar-refractivity contribution in [3.05, 3.63) is 52.8 Å². The molecule has 2 atom stereocenters. The zero-order valence-electron chi connectivity index (χ0n) is 19.7. The maximum absolute atomic E-state index is 11.5. The number of hydrogen-bond acceptors (Lipinski definition) is 8. The molecular weight excluding hydrogens is 448 g/mol. The van der Waals surface area contributed by atoms with Gasteiger partial charge in [0.1, 0.15) is 22.2 Å². The van der Waals surface area contributed by atoms with Crippen LogP contribution < -0.4 is 10.4 Å². The van der Waals surface area contributed by atoms with Crippen LogP contribution >= 0.6 is 11.3 Å². The lowest BCUT2D eigenvalue weighted by atomic mass is 9.63. The molecule has 2 N–H and O–H groups in total. The third-order valence-corrected chi connectivity index (χ3v) is 8.25. The molecule has 0 bridgehead atoms. The Morgan fingerprint density at radius 3 is 2.68 bits per heavy atom. The molecule has 0 spiro atoms. The number of anilines is 2. The molecule has 3 heterocycles. The average molecular weight is 478 g/mol. The molecular formula is C26H29N4O3S-. The van der Waals surface area contributed by atoms with Crippen LogP contribution in [-0.4, -0.2) is 26.0 Å². The molecule has 2 unspecified atom stereocenters. The Bertz CT molecular complexity index is 1240. The van der Waals surface area contributed by atoms with Gasteiger partial charge in [0.05, 0.1) is 10.6 Å². The molecule has 34 heavy (non-hydrogen) atoms. The van der Waals surface area contributed by atoms with Crippen LogP contribution in [0.25, 0.3) is 10.6 Å². The quantitative estimate of drug-likeness (QED) is 0.545. The molecule has 0 saturated heterocycles. The number of aryl methyl sites for hydroxylation is 1. The number of aliphatic hydroxyl groups is 1. The lowest BCUT2D eigenvalue weighted by molar-refractivity contribution is -0.317. The van der Waals surface area contributed by atoms with Crippen LogP contribution in [0.5, 0.6) is 0 Å². The van der Waals surface area contributed by atoms with E-state index in [2.05, 4.69) is 27.4 Å². The van der Waals surface area contributed by atoms with Crippen molar-refractivity contribution in [1.82, 2.24) is 15.0 Å². The van der Waals surface area contributed by atoms with E-state index in [0.717, 1.165) is 22.0 Å². The minimum atomic E-state index is -1.16. The summed E-state index contributed by atoms with van der Waals surface area (Å²) in [5, 5.41) is 26.9. The first kappa shape index (κ1) is 22.9. The molecule has 8 heteroatoms. The summed E-state index contributed by atoms with van der Waals surface area (Å²) >= 11 is 1.41. The molecule has 0 radical (unpaired) electrons. The number of nitrogens with zero attached hydrogens (tertiary/aromatic N) is 3. The zero-order valence-corrected chi connectivity index (χ0v) is 20.5. The molecule has 178 valence electrons. The van der Waals surface area contributed by atoms with Gasteiger partial charge in [-0.2, -0.15) is 0 Å². The van der Waals surface area contributed by atoms with Crippen molar-refractivity contribution >= 4 is 28.9 Å². The molecule has 5 rings (SSSR count). The topological polar surface area (TPSA) is 111 Å². The predicted octanol–water partition coefficient (Wildman–Crippen LogP) is 4.29. The second-order valence-corrected chi connectivity index (χ2v) is 11.5. The highest BCUT2D eigenvalue weighted by atomic mass is 32.1. The minimum Gasteiger partial charge on any atom is -0.550 e. The van der Waals surface area contributed by atoms with E-state index in [9.17, 15) is 15.0 Å². The summed E-state index contributed by atoms with van der Waals surface area (Å²) < 4.78 is 0. The molecule has 0 amide bonds. The van der Waals surface area contributed by atoms with Gasteiger partial charge in [-0.3, -0.25) is 0 Å². The van der Waals surface area contributed by atoms with E-state index in [-0.39, 0.29) is 0 Å². The Kier molecular flexibility index (Phi) is 5.68. The molecule has 3 aromatic rings. The Morgan fingerprint density at radius 1 is 1.18 bits per heavy atom. The van der Waals surface area contributed by atoms with Crippen molar-refractivity contribution in [2.24, 2.45) is 11.3 Å². The third kappa shape index (κ3) is 4.57. The van der Waals surface area contributed by atoms with Gasteiger partial charge < -0.3 is 20.3 Å². The highest BCUT2D eigenvalue weighted by Crippen LogP contribution is 2.50. The van der Waals surface area contributed by atoms with Crippen molar-refractivity contribution in [2.45, 2.75) is 64.4 Å². The van der Waals surface area contributed by atoms with E-state index in [1.807, 2.05) is 39.1 Å². The standard InChI is InChI=1S/C26H30N4O3S/c1-15-10-19(29-22(11-15)30-21-12-17(7-9-27-21)16-4-5-16)20-13-28-24(34-20)26(33)8-6-18(23(31)32)25(2,3)14-26/h7,9-13,16,18,33H,4-6,8,14H2,1-3H3,(H,31,32)(H,27,29,30)/p-1. The lowest BCUT2D eigenvalue weighted by Crippen LogP contribution is -2.48. The number of pyridine rings is 2. The molecule has 7 nitrogen and oxygen atoms in total. The maximum atomic E-state index is 11.5. The first-order valence-electron chi connectivity index (χ1n) is 11.7. The van der Waals surface area contributed by atoms with Gasteiger partial charge in [0.2, 0.25) is 0 Å². The van der Waals surface area contributed by atoms with E-state index < -0.39 is 22.9 Å². The first-order valence-corrected chi connectivity index (χ1v) is 12.6. The van der Waals surface area contributed by atoms with Crippen LogP contribution in [0.4, 0.5) is 11.6 Å². The van der Waals surface area contributed by atoms with Crippen molar-refractivity contribution in [3.63, 3.8) is 0 Å². The van der Waals surface area contributed by atoms with E-state index in [1.165, 1.54) is 29.7 Å². The van der Waals surface area contributed by atoms with Crippen molar-refractivity contribution in [1.29, 1.82) is 0 Å². The van der Waals surface area contributed by atoms with Gasteiger partial charge >= 0.3 is 0 Å². The van der Waals surface area contributed by atoms with Gasteiger partial charge in [-0.25, -0.2) is 15.0 Å². The Balaban J connectivity index is 1.38. The van der Waals surface area contributed by atoms with E-state index >= 15 is 0 Å². The number of thiazole rings is 1. The van der Waals surface area contributed by atoms with E-state index in [1.54, 1.807) is 6.20 Å². The summed E-state index contributed by atoms with van der Waals surface area (Å²) in [5.41, 5.74) is 1.39. The fraction of sp³-hybridized carbons (Fsp3) is 0.462. The monoisotopic (exact) mass is 477 g/mol. The first-order chi connectivity index (χ1) is 16.1. The smallest absolute Gasteiger partial charge is 0.132 e. The molecule has 2 aliphatic carbocycles. The second-order valence-electron chi connectivity index (χ2n) is 10.4. The molecule has 0 aromatic carbocycles. The number of nitrogens with one attached hydrogen (secondary N) is 1. The second kappa shape index (κ2) is 8.43. The summed E-state index contributed by atoms with van der Waals surface area (Å²) in [5.74, 6) is 0.511. The average Bonchev–Trinajstić information content (AvgIpc) is 3.48. The fourth-order valence-corrected chi connectivity index (χ4v) is 6.13. The molecule has 2 fully saturated rings. The fourth-order valence-electron chi connectivity index (χ4n) is 5.14. The van der Waals surface area contributed by atoms with Crippen LogP contribution in [-0.2, 0) is 10.4 Å². The molecule has 0 aliphatic heterocycles. The highest BCUT2D eigenvalue weighted by Gasteiger charge is 2.47. The predicted molar refractivity (Wildman–Crippen MR) is 130 cm³/mol. The van der Waals surface area contributed by atoms with Crippen molar-refractivity contribution in [2.75, 3.05) is 5.32 Å². The molecule has 2 aliphatic rings. The van der Waals surface area contributed by atoms with Gasteiger partial charge in [-0.05, 0) is 85.8 Å². The van der Waals surface area contributed by atoms with Crippen LogP contribution in [0, 0.1) is 18.3 Å². The van der Waals surface area contributed by atoms with Gasteiger partial charge in [0.25, 0.3) is 0 Å². The Labute approximate surface area is 203 Å². The summed E-state index contributed by atoms with van der Waals surface area (Å²) in [4.78, 5) is 26.2. The van der Waals surface area contributed by atoms with Crippen molar-refractivity contribution < 1.29 is 15.0 Å². The van der Waals surface area contributed by atoms with Gasteiger partial charge in [-0.15, -0.1) is 11.3 Å². The number of carboxylic acid groups (broad SMARTS) is 1. The van der Waals surface area contributed by atoms with E-state index in [0.29, 0.717) is 36.0 Å². The van der Waals surface area contributed by atoms with Gasteiger partial charge in [0.15, 0.2) is 0 Å².